The summed E-state index contributed by atoms with van der Waals surface area (Å²) in [5.74, 6) is -0.860. The summed E-state index contributed by atoms with van der Waals surface area (Å²) in [6.45, 7) is 3.00. The Morgan fingerprint density at radius 3 is 2.36 bits per heavy atom. The van der Waals surface area contributed by atoms with Gasteiger partial charge in [0, 0.05) is 25.5 Å². The summed E-state index contributed by atoms with van der Waals surface area (Å²) >= 11 is 0. The first-order valence-corrected chi connectivity index (χ1v) is 8.14. The molecule has 5 heteroatoms. The molecule has 0 N–H and O–H groups in total. The Labute approximate surface area is 146 Å². The zero-order valence-corrected chi connectivity index (χ0v) is 14.6. The lowest BCUT2D eigenvalue weighted by atomic mass is 10.1. The number of aromatic nitrogens is 2. The number of aryl methyl sites for hydroxylation is 1. The predicted octanol–water partition coefficient (Wildman–Crippen LogP) is 4.25. The van der Waals surface area contributed by atoms with Gasteiger partial charge in [0.15, 0.2) is 0 Å². The predicted molar refractivity (Wildman–Crippen MR) is 95.3 cm³/mol. The highest BCUT2D eigenvalue weighted by molar-refractivity contribution is 5.59. The number of hydrogen-bond donors (Lipinski definition) is 0. The second-order valence-electron chi connectivity index (χ2n) is 6.49. The molecule has 130 valence electrons. The molecular formula is C20H21F2N3. The first-order chi connectivity index (χ1) is 12.0. The minimum Gasteiger partial charge on any atom is -0.326 e. The number of nitrogens with zero attached hydrogens (tertiary/aromatic N) is 3. The van der Waals surface area contributed by atoms with E-state index in [1.165, 1.54) is 17.7 Å². The maximum absolute atomic E-state index is 14.4. The number of rotatable bonds is 5. The Morgan fingerprint density at radius 2 is 1.68 bits per heavy atom. The van der Waals surface area contributed by atoms with Crippen LogP contribution in [0, 0.1) is 18.6 Å². The highest BCUT2D eigenvalue weighted by Crippen LogP contribution is 2.27. The van der Waals surface area contributed by atoms with E-state index in [4.69, 9.17) is 0 Å². The van der Waals surface area contributed by atoms with Gasteiger partial charge in [-0.05, 0) is 43.8 Å². The molecule has 0 amide bonds. The van der Waals surface area contributed by atoms with Crippen LogP contribution in [0.1, 0.15) is 16.7 Å². The summed E-state index contributed by atoms with van der Waals surface area (Å²) in [6.07, 6.45) is 3.31. The Hall–Kier alpha value is -2.53. The Bertz CT molecular complexity index is 867. The van der Waals surface area contributed by atoms with Gasteiger partial charge in [-0.2, -0.15) is 0 Å². The van der Waals surface area contributed by atoms with Crippen LogP contribution >= 0.6 is 0 Å². The fourth-order valence-electron chi connectivity index (χ4n) is 2.84. The molecule has 0 radical (unpaired) electrons. The Morgan fingerprint density at radius 1 is 1.00 bits per heavy atom. The van der Waals surface area contributed by atoms with Gasteiger partial charge in [0.2, 0.25) is 0 Å². The van der Waals surface area contributed by atoms with Crippen LogP contribution in [-0.2, 0) is 13.1 Å². The first-order valence-electron chi connectivity index (χ1n) is 8.14. The van der Waals surface area contributed by atoms with Crippen LogP contribution in [0.2, 0.25) is 0 Å². The second-order valence-corrected chi connectivity index (χ2v) is 6.49. The summed E-state index contributed by atoms with van der Waals surface area (Å²) < 4.78 is 30.4. The SMILES string of the molecule is Cc1ccc(F)c(-c2nccn2Cc2ccc(CN(C)C)cc2)c1F. The van der Waals surface area contributed by atoms with Crippen molar-refractivity contribution < 1.29 is 8.78 Å². The standard InChI is InChI=1S/C20H21F2N3/c1-14-4-9-17(21)18(19(14)22)20-23-10-11-25(20)13-16-7-5-15(6-8-16)12-24(2)3/h4-11H,12-13H2,1-3H3. The van der Waals surface area contributed by atoms with Gasteiger partial charge in [-0.3, -0.25) is 0 Å². The van der Waals surface area contributed by atoms with E-state index >= 15 is 0 Å². The number of imidazole rings is 1. The minimum atomic E-state index is -0.600. The lowest BCUT2D eigenvalue weighted by Crippen LogP contribution is -2.10. The fourth-order valence-corrected chi connectivity index (χ4v) is 2.84. The van der Waals surface area contributed by atoms with Gasteiger partial charge in [-0.25, -0.2) is 13.8 Å². The molecule has 0 fully saturated rings. The van der Waals surface area contributed by atoms with E-state index in [9.17, 15) is 8.78 Å². The quantitative estimate of drug-likeness (QED) is 0.692. The fraction of sp³-hybridized carbons (Fsp3) is 0.250. The van der Waals surface area contributed by atoms with Crippen molar-refractivity contribution in [3.05, 3.63) is 77.1 Å². The van der Waals surface area contributed by atoms with Gasteiger partial charge >= 0.3 is 0 Å². The average Bonchev–Trinajstić information content (AvgIpc) is 3.01. The summed E-state index contributed by atoms with van der Waals surface area (Å²) in [5.41, 5.74) is 2.60. The summed E-state index contributed by atoms with van der Waals surface area (Å²) in [6, 6.07) is 10.9. The third kappa shape index (κ3) is 3.77. The van der Waals surface area contributed by atoms with Crippen LogP contribution in [-0.4, -0.2) is 28.5 Å². The van der Waals surface area contributed by atoms with Gasteiger partial charge in [0.1, 0.15) is 17.5 Å². The molecule has 0 aliphatic carbocycles. The van der Waals surface area contributed by atoms with Gasteiger partial charge in [0.05, 0.1) is 5.56 Å². The topological polar surface area (TPSA) is 21.1 Å². The summed E-state index contributed by atoms with van der Waals surface area (Å²) in [5, 5.41) is 0. The van der Waals surface area contributed by atoms with Crippen molar-refractivity contribution in [1.82, 2.24) is 14.5 Å². The smallest absolute Gasteiger partial charge is 0.146 e. The van der Waals surface area contributed by atoms with Crippen molar-refractivity contribution in [3.63, 3.8) is 0 Å². The lowest BCUT2D eigenvalue weighted by Gasteiger charge is -2.12. The van der Waals surface area contributed by atoms with Crippen molar-refractivity contribution in [2.45, 2.75) is 20.0 Å². The largest absolute Gasteiger partial charge is 0.326 e. The van der Waals surface area contributed by atoms with E-state index in [-0.39, 0.29) is 5.56 Å². The third-order valence-electron chi connectivity index (χ3n) is 4.10. The molecule has 3 rings (SSSR count). The Balaban J connectivity index is 1.89. The average molecular weight is 341 g/mol. The second kappa shape index (κ2) is 7.15. The molecule has 3 aromatic rings. The Kier molecular flexibility index (Phi) is 4.95. The van der Waals surface area contributed by atoms with Crippen molar-refractivity contribution >= 4 is 0 Å². The van der Waals surface area contributed by atoms with Crippen LogP contribution < -0.4 is 0 Å². The molecule has 25 heavy (non-hydrogen) atoms. The van der Waals surface area contributed by atoms with Gasteiger partial charge in [0.25, 0.3) is 0 Å². The number of hydrogen-bond acceptors (Lipinski definition) is 2. The normalized spacial score (nSPS) is 11.3. The van der Waals surface area contributed by atoms with Crippen molar-refractivity contribution in [3.8, 4) is 11.4 Å². The zero-order valence-electron chi connectivity index (χ0n) is 14.6. The van der Waals surface area contributed by atoms with E-state index < -0.39 is 11.6 Å². The molecule has 0 spiro atoms. The molecule has 0 aliphatic heterocycles. The first kappa shape index (κ1) is 17.3. The van der Waals surface area contributed by atoms with E-state index in [1.807, 2.05) is 26.2 Å². The highest BCUT2D eigenvalue weighted by Gasteiger charge is 2.18. The number of halogens is 2. The molecule has 0 saturated heterocycles. The lowest BCUT2D eigenvalue weighted by molar-refractivity contribution is 0.402. The molecule has 0 bridgehead atoms. The summed E-state index contributed by atoms with van der Waals surface area (Å²) in [4.78, 5) is 6.28. The van der Waals surface area contributed by atoms with Gasteiger partial charge in [-0.15, -0.1) is 0 Å². The zero-order chi connectivity index (χ0) is 18.0. The van der Waals surface area contributed by atoms with E-state index in [0.717, 1.165) is 12.1 Å². The molecule has 1 heterocycles. The molecule has 0 saturated carbocycles. The summed E-state index contributed by atoms with van der Waals surface area (Å²) in [7, 11) is 4.05. The van der Waals surface area contributed by atoms with Crippen molar-refractivity contribution in [2.24, 2.45) is 0 Å². The molecule has 3 nitrogen and oxygen atoms in total. The number of benzene rings is 2. The van der Waals surface area contributed by atoms with E-state index in [0.29, 0.717) is 17.9 Å². The van der Waals surface area contributed by atoms with Crippen LogP contribution in [0.3, 0.4) is 0 Å². The molecular weight excluding hydrogens is 320 g/mol. The van der Waals surface area contributed by atoms with E-state index in [1.54, 1.807) is 23.9 Å². The monoisotopic (exact) mass is 341 g/mol. The van der Waals surface area contributed by atoms with Crippen LogP contribution in [0.4, 0.5) is 8.78 Å². The van der Waals surface area contributed by atoms with Crippen molar-refractivity contribution in [1.29, 1.82) is 0 Å². The van der Waals surface area contributed by atoms with Gasteiger partial charge in [-0.1, -0.05) is 30.3 Å². The van der Waals surface area contributed by atoms with Crippen LogP contribution in [0.5, 0.6) is 0 Å². The van der Waals surface area contributed by atoms with E-state index in [2.05, 4.69) is 22.0 Å². The molecule has 1 aromatic heterocycles. The third-order valence-corrected chi connectivity index (χ3v) is 4.10. The highest BCUT2D eigenvalue weighted by atomic mass is 19.1. The minimum absolute atomic E-state index is 0.0748. The molecule has 0 atom stereocenters. The van der Waals surface area contributed by atoms with Gasteiger partial charge < -0.3 is 9.47 Å². The van der Waals surface area contributed by atoms with Crippen molar-refractivity contribution in [2.75, 3.05) is 14.1 Å². The maximum atomic E-state index is 14.4. The maximum Gasteiger partial charge on any atom is 0.146 e. The molecule has 0 unspecified atom stereocenters. The van der Waals surface area contributed by atoms with Crippen LogP contribution in [0.25, 0.3) is 11.4 Å². The molecule has 2 aromatic carbocycles. The molecule has 0 aliphatic rings. The van der Waals surface area contributed by atoms with Crippen LogP contribution in [0.15, 0.2) is 48.8 Å².